The van der Waals surface area contributed by atoms with Crippen molar-refractivity contribution < 1.29 is 14.6 Å². The number of amides is 1. The van der Waals surface area contributed by atoms with Gasteiger partial charge in [-0.15, -0.1) is 0 Å². The molecular weight excluding hydrogens is 256 g/mol. The fourth-order valence-electron chi connectivity index (χ4n) is 3.08. The highest BCUT2D eigenvalue weighted by Crippen LogP contribution is 2.22. The van der Waals surface area contributed by atoms with E-state index < -0.39 is 5.60 Å². The molecular formula is C15H28N2O3. The van der Waals surface area contributed by atoms with Gasteiger partial charge in [0, 0.05) is 25.7 Å². The molecule has 2 aliphatic rings. The van der Waals surface area contributed by atoms with E-state index in [1.807, 2.05) is 25.7 Å². The SMILES string of the molecule is CC(C)(C)OC(=O)N1CCCC1CN1CCCC(O)C1. The van der Waals surface area contributed by atoms with Crippen LogP contribution in [0.5, 0.6) is 0 Å². The first-order valence-corrected chi connectivity index (χ1v) is 7.75. The first-order chi connectivity index (χ1) is 9.35. The van der Waals surface area contributed by atoms with Crippen LogP contribution in [-0.4, -0.2) is 64.9 Å². The highest BCUT2D eigenvalue weighted by molar-refractivity contribution is 5.69. The van der Waals surface area contributed by atoms with E-state index in [9.17, 15) is 9.90 Å². The lowest BCUT2D eigenvalue weighted by molar-refractivity contribution is 0.0147. The van der Waals surface area contributed by atoms with Gasteiger partial charge in [-0.05, 0) is 53.0 Å². The molecule has 0 aliphatic carbocycles. The van der Waals surface area contributed by atoms with E-state index in [1.54, 1.807) is 0 Å². The Labute approximate surface area is 121 Å². The Hall–Kier alpha value is -0.810. The minimum atomic E-state index is -0.439. The van der Waals surface area contributed by atoms with E-state index in [-0.39, 0.29) is 18.2 Å². The lowest BCUT2D eigenvalue weighted by Gasteiger charge is -2.35. The molecule has 5 heteroatoms. The summed E-state index contributed by atoms with van der Waals surface area (Å²) >= 11 is 0. The lowest BCUT2D eigenvalue weighted by atomic mass is 10.1. The lowest BCUT2D eigenvalue weighted by Crippen LogP contribution is -2.48. The predicted molar refractivity (Wildman–Crippen MR) is 77.6 cm³/mol. The summed E-state index contributed by atoms with van der Waals surface area (Å²) in [7, 11) is 0. The number of rotatable bonds is 2. The Balaban J connectivity index is 1.88. The maximum Gasteiger partial charge on any atom is 0.410 e. The van der Waals surface area contributed by atoms with Gasteiger partial charge in [-0.3, -0.25) is 4.90 Å². The topological polar surface area (TPSA) is 53.0 Å². The summed E-state index contributed by atoms with van der Waals surface area (Å²) in [5.41, 5.74) is -0.439. The van der Waals surface area contributed by atoms with Crippen molar-refractivity contribution in [2.45, 2.75) is 64.2 Å². The van der Waals surface area contributed by atoms with Gasteiger partial charge in [0.25, 0.3) is 0 Å². The van der Waals surface area contributed by atoms with Crippen molar-refractivity contribution in [3.8, 4) is 0 Å². The molecule has 0 aromatic carbocycles. The molecule has 116 valence electrons. The molecule has 2 rings (SSSR count). The van der Waals surface area contributed by atoms with Crippen LogP contribution >= 0.6 is 0 Å². The van der Waals surface area contributed by atoms with Gasteiger partial charge >= 0.3 is 6.09 Å². The zero-order valence-electron chi connectivity index (χ0n) is 13.0. The van der Waals surface area contributed by atoms with E-state index in [0.717, 1.165) is 51.9 Å². The third kappa shape index (κ3) is 4.35. The number of nitrogens with zero attached hydrogens (tertiary/aromatic N) is 2. The first kappa shape index (κ1) is 15.6. The molecule has 0 saturated carbocycles. The quantitative estimate of drug-likeness (QED) is 0.840. The van der Waals surface area contributed by atoms with Gasteiger partial charge in [-0.1, -0.05) is 0 Å². The molecule has 0 aromatic heterocycles. The maximum absolute atomic E-state index is 12.2. The van der Waals surface area contributed by atoms with Crippen LogP contribution < -0.4 is 0 Å². The fourth-order valence-corrected chi connectivity index (χ4v) is 3.08. The summed E-state index contributed by atoms with van der Waals surface area (Å²) in [6.45, 7) is 9.10. The third-order valence-electron chi connectivity index (χ3n) is 3.95. The van der Waals surface area contributed by atoms with Gasteiger partial charge < -0.3 is 14.7 Å². The monoisotopic (exact) mass is 284 g/mol. The number of aliphatic hydroxyl groups is 1. The first-order valence-electron chi connectivity index (χ1n) is 7.75. The normalized spacial score (nSPS) is 28.7. The molecule has 2 atom stereocenters. The molecule has 2 aliphatic heterocycles. The molecule has 2 fully saturated rings. The number of aliphatic hydroxyl groups excluding tert-OH is 1. The van der Waals surface area contributed by atoms with Crippen LogP contribution in [0.1, 0.15) is 46.5 Å². The van der Waals surface area contributed by atoms with Crippen molar-refractivity contribution >= 4 is 6.09 Å². The summed E-state index contributed by atoms with van der Waals surface area (Å²) in [4.78, 5) is 16.4. The summed E-state index contributed by atoms with van der Waals surface area (Å²) in [5, 5.41) is 9.73. The van der Waals surface area contributed by atoms with Crippen molar-refractivity contribution in [1.82, 2.24) is 9.80 Å². The smallest absolute Gasteiger partial charge is 0.410 e. The van der Waals surface area contributed by atoms with Gasteiger partial charge in [0.05, 0.1) is 6.10 Å². The van der Waals surface area contributed by atoms with Crippen LogP contribution in [0.25, 0.3) is 0 Å². The zero-order valence-corrected chi connectivity index (χ0v) is 13.0. The van der Waals surface area contributed by atoms with Gasteiger partial charge in [0.1, 0.15) is 5.60 Å². The standard InChI is InChI=1S/C15H28N2O3/c1-15(2,3)20-14(19)17-9-4-6-12(17)10-16-8-5-7-13(18)11-16/h12-13,18H,4-11H2,1-3H3. The van der Waals surface area contributed by atoms with E-state index in [0.29, 0.717) is 0 Å². The number of carbonyl (C=O) groups is 1. The molecule has 0 bridgehead atoms. The molecule has 2 heterocycles. The highest BCUT2D eigenvalue weighted by atomic mass is 16.6. The minimum Gasteiger partial charge on any atom is -0.444 e. The second kappa shape index (κ2) is 6.31. The van der Waals surface area contributed by atoms with Crippen LogP contribution in [0.15, 0.2) is 0 Å². The zero-order chi connectivity index (χ0) is 14.8. The molecule has 0 spiro atoms. The predicted octanol–water partition coefficient (Wildman–Crippen LogP) is 1.84. The molecule has 0 radical (unpaired) electrons. The van der Waals surface area contributed by atoms with Crippen molar-refractivity contribution in [3.63, 3.8) is 0 Å². The Morgan fingerprint density at radius 2 is 1.95 bits per heavy atom. The van der Waals surface area contributed by atoms with Crippen LogP contribution in [0.2, 0.25) is 0 Å². The van der Waals surface area contributed by atoms with Crippen LogP contribution in [0.3, 0.4) is 0 Å². The molecule has 2 unspecified atom stereocenters. The Morgan fingerprint density at radius 3 is 2.60 bits per heavy atom. The second-order valence-electron chi connectivity index (χ2n) is 7.03. The van der Waals surface area contributed by atoms with E-state index in [1.165, 1.54) is 0 Å². The molecule has 1 N–H and O–H groups in total. The van der Waals surface area contributed by atoms with Crippen LogP contribution in [0.4, 0.5) is 4.79 Å². The van der Waals surface area contributed by atoms with Gasteiger partial charge in [-0.25, -0.2) is 4.79 Å². The van der Waals surface area contributed by atoms with Crippen molar-refractivity contribution in [2.75, 3.05) is 26.2 Å². The molecule has 1 amide bonds. The van der Waals surface area contributed by atoms with E-state index >= 15 is 0 Å². The average molecular weight is 284 g/mol. The van der Waals surface area contributed by atoms with Crippen molar-refractivity contribution in [3.05, 3.63) is 0 Å². The number of carbonyl (C=O) groups excluding carboxylic acids is 1. The number of piperidine rings is 1. The van der Waals surface area contributed by atoms with Crippen LogP contribution in [-0.2, 0) is 4.74 Å². The van der Waals surface area contributed by atoms with E-state index in [4.69, 9.17) is 4.74 Å². The minimum absolute atomic E-state index is 0.197. The van der Waals surface area contributed by atoms with Crippen molar-refractivity contribution in [2.24, 2.45) is 0 Å². The van der Waals surface area contributed by atoms with Crippen LogP contribution in [0, 0.1) is 0 Å². The number of hydrogen-bond donors (Lipinski definition) is 1. The number of hydrogen-bond acceptors (Lipinski definition) is 4. The molecule has 5 nitrogen and oxygen atoms in total. The Bertz CT molecular complexity index is 341. The second-order valence-corrected chi connectivity index (χ2v) is 7.03. The Kier molecular flexibility index (Phi) is 4.91. The Morgan fingerprint density at radius 1 is 1.25 bits per heavy atom. The fraction of sp³-hybridized carbons (Fsp3) is 0.933. The molecule has 0 aromatic rings. The van der Waals surface area contributed by atoms with Gasteiger partial charge in [0.2, 0.25) is 0 Å². The molecule has 20 heavy (non-hydrogen) atoms. The van der Waals surface area contributed by atoms with Gasteiger partial charge in [0.15, 0.2) is 0 Å². The third-order valence-corrected chi connectivity index (χ3v) is 3.95. The molecule has 2 saturated heterocycles. The number of likely N-dealkylation sites (tertiary alicyclic amines) is 2. The van der Waals surface area contributed by atoms with Crippen molar-refractivity contribution in [1.29, 1.82) is 0 Å². The summed E-state index contributed by atoms with van der Waals surface area (Å²) in [6, 6.07) is 0.232. The van der Waals surface area contributed by atoms with E-state index in [2.05, 4.69) is 4.90 Å². The summed E-state index contributed by atoms with van der Waals surface area (Å²) in [5.74, 6) is 0. The average Bonchev–Trinajstić information content (AvgIpc) is 2.75. The number of ether oxygens (including phenoxy) is 1. The van der Waals surface area contributed by atoms with Gasteiger partial charge in [-0.2, -0.15) is 0 Å². The largest absolute Gasteiger partial charge is 0.444 e. The maximum atomic E-state index is 12.2. The highest BCUT2D eigenvalue weighted by Gasteiger charge is 2.33. The summed E-state index contributed by atoms with van der Waals surface area (Å²) < 4.78 is 5.48. The number of β-amino-alcohol motifs (C(OH)–C–C–N with tert-alkyl or cyclic N) is 1. The summed E-state index contributed by atoms with van der Waals surface area (Å²) in [6.07, 6.45) is 3.61.